The Balaban J connectivity index is 2.08. The molecule has 0 atom stereocenters. The molecule has 1 aliphatic heterocycles. The van der Waals surface area contributed by atoms with E-state index >= 15 is 0 Å². The van der Waals surface area contributed by atoms with Crippen molar-refractivity contribution in [1.29, 1.82) is 5.26 Å². The maximum atomic E-state index is 12.7. The van der Waals surface area contributed by atoms with Crippen molar-refractivity contribution >= 4 is 5.82 Å². The van der Waals surface area contributed by atoms with E-state index in [-0.39, 0.29) is 0 Å². The van der Waals surface area contributed by atoms with E-state index in [9.17, 15) is 13.2 Å². The van der Waals surface area contributed by atoms with Crippen LogP contribution in [-0.2, 0) is 6.18 Å². The van der Waals surface area contributed by atoms with Gasteiger partial charge in [0.05, 0.1) is 11.6 Å². The highest BCUT2D eigenvalue weighted by molar-refractivity contribution is 5.42. The second kappa shape index (κ2) is 5.53. The third kappa shape index (κ3) is 3.45. The van der Waals surface area contributed by atoms with Gasteiger partial charge in [-0.15, -0.1) is 0 Å². The lowest BCUT2D eigenvalue weighted by atomic mass is 10.0. The number of rotatable bonds is 2. The van der Waals surface area contributed by atoms with Gasteiger partial charge in [-0.25, -0.2) is 4.98 Å². The first-order valence-corrected chi connectivity index (χ1v) is 6.68. The maximum absolute atomic E-state index is 12.7. The van der Waals surface area contributed by atoms with E-state index in [1.165, 1.54) is 6.20 Å². The Labute approximate surface area is 121 Å². The minimum atomic E-state index is -4.36. The third-order valence-electron chi connectivity index (χ3n) is 3.74. The largest absolute Gasteiger partial charge is 0.416 e. The fraction of sp³-hybridized carbons (Fsp3) is 0.571. The van der Waals surface area contributed by atoms with Crippen LogP contribution in [0.2, 0.25) is 0 Å². The van der Waals surface area contributed by atoms with Crippen LogP contribution in [0.1, 0.15) is 19.4 Å². The van der Waals surface area contributed by atoms with Crippen LogP contribution in [-0.4, -0.2) is 41.6 Å². The molecule has 1 aliphatic rings. The molecular formula is C14H17F3N4. The number of piperazine rings is 1. The number of alkyl halides is 3. The quantitative estimate of drug-likeness (QED) is 0.841. The third-order valence-corrected chi connectivity index (χ3v) is 3.74. The Kier molecular flexibility index (Phi) is 4.10. The summed E-state index contributed by atoms with van der Waals surface area (Å²) < 4.78 is 38.1. The lowest BCUT2D eigenvalue weighted by molar-refractivity contribution is -0.137. The van der Waals surface area contributed by atoms with E-state index in [1.54, 1.807) is 0 Å². The molecule has 2 rings (SSSR count). The Morgan fingerprint density at radius 3 is 2.33 bits per heavy atom. The Bertz CT molecular complexity index is 540. The molecule has 0 unspecified atom stereocenters. The number of pyridine rings is 1. The van der Waals surface area contributed by atoms with E-state index < -0.39 is 17.3 Å². The number of anilines is 1. The van der Waals surface area contributed by atoms with Crippen LogP contribution in [0.15, 0.2) is 18.3 Å². The maximum Gasteiger partial charge on any atom is 0.416 e. The van der Waals surface area contributed by atoms with Gasteiger partial charge < -0.3 is 4.90 Å². The molecular weight excluding hydrogens is 281 g/mol. The standard InChI is InChI=1S/C14H17F3N4/c1-13(2,10-18)21-7-5-20(6-8-21)12-9-11(3-4-19-12)14(15,16)17/h3-4,9H,5-8H2,1-2H3. The zero-order valence-corrected chi connectivity index (χ0v) is 12.0. The van der Waals surface area contributed by atoms with Gasteiger partial charge in [-0.1, -0.05) is 0 Å². The summed E-state index contributed by atoms with van der Waals surface area (Å²) in [7, 11) is 0. The molecule has 1 aromatic rings. The van der Waals surface area contributed by atoms with Gasteiger partial charge in [-0.2, -0.15) is 18.4 Å². The van der Waals surface area contributed by atoms with Crippen LogP contribution < -0.4 is 4.90 Å². The lowest BCUT2D eigenvalue weighted by Crippen LogP contribution is -2.54. The monoisotopic (exact) mass is 298 g/mol. The first-order chi connectivity index (χ1) is 9.74. The number of aromatic nitrogens is 1. The normalized spacial score (nSPS) is 17.6. The van der Waals surface area contributed by atoms with Crippen molar-refractivity contribution in [2.75, 3.05) is 31.1 Å². The SMILES string of the molecule is CC(C)(C#N)N1CCN(c2cc(C(F)(F)F)ccn2)CC1. The van der Waals surface area contributed by atoms with Crippen molar-refractivity contribution < 1.29 is 13.2 Å². The first-order valence-electron chi connectivity index (χ1n) is 6.68. The zero-order valence-electron chi connectivity index (χ0n) is 12.0. The summed E-state index contributed by atoms with van der Waals surface area (Å²) in [4.78, 5) is 7.87. The molecule has 114 valence electrons. The number of hydrogen-bond acceptors (Lipinski definition) is 4. The summed E-state index contributed by atoms with van der Waals surface area (Å²) in [6, 6.07) is 4.28. The van der Waals surface area contributed by atoms with Gasteiger partial charge in [0.2, 0.25) is 0 Å². The summed E-state index contributed by atoms with van der Waals surface area (Å²) in [5.74, 6) is 0.333. The molecule has 0 aliphatic carbocycles. The molecule has 21 heavy (non-hydrogen) atoms. The van der Waals surface area contributed by atoms with Crippen molar-refractivity contribution in [3.8, 4) is 6.07 Å². The summed E-state index contributed by atoms with van der Waals surface area (Å²) in [5.41, 5.74) is -1.25. The fourth-order valence-electron chi connectivity index (χ4n) is 2.33. The second-order valence-electron chi connectivity index (χ2n) is 5.55. The minimum absolute atomic E-state index is 0.333. The molecule has 2 heterocycles. The average molecular weight is 298 g/mol. The van der Waals surface area contributed by atoms with E-state index in [0.29, 0.717) is 32.0 Å². The molecule has 0 saturated carbocycles. The van der Waals surface area contributed by atoms with Gasteiger partial charge in [0, 0.05) is 32.4 Å². The molecule has 1 fully saturated rings. The lowest BCUT2D eigenvalue weighted by Gasteiger charge is -2.40. The summed E-state index contributed by atoms with van der Waals surface area (Å²) in [5, 5.41) is 9.11. The number of hydrogen-bond donors (Lipinski definition) is 0. The van der Waals surface area contributed by atoms with E-state index in [4.69, 9.17) is 5.26 Å². The molecule has 1 aromatic heterocycles. The van der Waals surface area contributed by atoms with Crippen molar-refractivity contribution in [3.05, 3.63) is 23.9 Å². The molecule has 0 aromatic carbocycles. The number of nitriles is 1. The summed E-state index contributed by atoms with van der Waals surface area (Å²) in [6.07, 6.45) is -3.17. The zero-order chi connectivity index (χ0) is 15.7. The van der Waals surface area contributed by atoms with Crippen LogP contribution in [0.25, 0.3) is 0 Å². The van der Waals surface area contributed by atoms with Crippen molar-refractivity contribution in [1.82, 2.24) is 9.88 Å². The minimum Gasteiger partial charge on any atom is -0.354 e. The van der Waals surface area contributed by atoms with Crippen LogP contribution in [0.5, 0.6) is 0 Å². The van der Waals surface area contributed by atoms with Crippen LogP contribution in [0, 0.1) is 11.3 Å². The van der Waals surface area contributed by atoms with E-state index in [2.05, 4.69) is 11.1 Å². The molecule has 0 amide bonds. The Morgan fingerprint density at radius 1 is 1.19 bits per heavy atom. The predicted octanol–water partition coefficient (Wildman–Crippen LogP) is 2.52. The molecule has 7 heteroatoms. The van der Waals surface area contributed by atoms with Crippen LogP contribution in [0.3, 0.4) is 0 Å². The summed E-state index contributed by atoms with van der Waals surface area (Å²) in [6.45, 7) is 6.03. The highest BCUT2D eigenvalue weighted by atomic mass is 19.4. The first kappa shape index (κ1) is 15.6. The van der Waals surface area contributed by atoms with Gasteiger partial charge in [0.1, 0.15) is 11.4 Å². The molecule has 0 bridgehead atoms. The second-order valence-corrected chi connectivity index (χ2v) is 5.55. The average Bonchev–Trinajstić information content (AvgIpc) is 2.47. The van der Waals surface area contributed by atoms with Crippen molar-refractivity contribution in [3.63, 3.8) is 0 Å². The highest BCUT2D eigenvalue weighted by Crippen LogP contribution is 2.31. The van der Waals surface area contributed by atoms with Crippen LogP contribution >= 0.6 is 0 Å². The van der Waals surface area contributed by atoms with Gasteiger partial charge in [0.15, 0.2) is 0 Å². The van der Waals surface area contributed by atoms with Gasteiger partial charge in [-0.3, -0.25) is 4.90 Å². The summed E-state index contributed by atoms with van der Waals surface area (Å²) >= 11 is 0. The molecule has 1 saturated heterocycles. The fourth-order valence-corrected chi connectivity index (χ4v) is 2.33. The molecule has 4 nitrogen and oxygen atoms in total. The van der Waals surface area contributed by atoms with Gasteiger partial charge in [-0.05, 0) is 26.0 Å². The van der Waals surface area contributed by atoms with Crippen molar-refractivity contribution in [2.24, 2.45) is 0 Å². The molecule has 0 radical (unpaired) electrons. The number of nitrogens with zero attached hydrogens (tertiary/aromatic N) is 4. The van der Waals surface area contributed by atoms with Crippen LogP contribution in [0.4, 0.5) is 19.0 Å². The smallest absolute Gasteiger partial charge is 0.354 e. The van der Waals surface area contributed by atoms with E-state index in [1.807, 2.05) is 23.6 Å². The Morgan fingerprint density at radius 2 is 1.81 bits per heavy atom. The highest BCUT2D eigenvalue weighted by Gasteiger charge is 2.33. The van der Waals surface area contributed by atoms with E-state index in [0.717, 1.165) is 12.1 Å². The molecule has 0 N–H and O–H groups in total. The predicted molar refractivity (Wildman–Crippen MR) is 72.7 cm³/mol. The Hall–Kier alpha value is -1.81. The number of halogens is 3. The topological polar surface area (TPSA) is 43.2 Å². The molecule has 0 spiro atoms. The van der Waals surface area contributed by atoms with Crippen molar-refractivity contribution in [2.45, 2.75) is 25.6 Å². The van der Waals surface area contributed by atoms with Gasteiger partial charge >= 0.3 is 6.18 Å². The van der Waals surface area contributed by atoms with Gasteiger partial charge in [0.25, 0.3) is 0 Å².